The molecule has 0 aromatic carbocycles. The Morgan fingerprint density at radius 1 is 1.40 bits per heavy atom. The summed E-state index contributed by atoms with van der Waals surface area (Å²) in [6, 6.07) is 0. The zero-order chi connectivity index (χ0) is 6.78. The summed E-state index contributed by atoms with van der Waals surface area (Å²) < 4.78 is 12.7. The Labute approximate surface area is 143 Å². The van der Waals surface area contributed by atoms with Gasteiger partial charge in [0, 0.05) is 6.92 Å². The van der Waals surface area contributed by atoms with Crippen LogP contribution in [0.25, 0.3) is 0 Å². The first-order valence-electron chi connectivity index (χ1n) is 1.64. The molecule has 0 radical (unpaired) electrons. The SMILES string of the molecule is CC(=O)OP(=O)([O-])[O-].[K+].[K+]. The van der Waals surface area contributed by atoms with Crippen LogP contribution < -0.4 is 113 Å². The number of hydrogen-bond acceptors (Lipinski definition) is 5. The molecule has 0 bridgehead atoms. The molecule has 0 fully saturated rings. The third-order valence-corrected chi connectivity index (χ3v) is 0.721. The molecule has 10 heavy (non-hydrogen) atoms. The maximum absolute atomic E-state index is 9.66. The van der Waals surface area contributed by atoms with Gasteiger partial charge < -0.3 is 18.9 Å². The Bertz CT molecular complexity index is 141. The molecular weight excluding hydrogens is 213 g/mol. The second-order valence-corrected chi connectivity index (χ2v) is 2.11. The van der Waals surface area contributed by atoms with Crippen LogP contribution in [0.1, 0.15) is 6.92 Å². The Morgan fingerprint density at radius 2 is 1.70 bits per heavy atom. The number of phosphoric ester groups is 1. The zero-order valence-electron chi connectivity index (χ0n) is 5.99. The summed E-state index contributed by atoms with van der Waals surface area (Å²) in [6.07, 6.45) is 0. The topological polar surface area (TPSA) is 89.5 Å². The van der Waals surface area contributed by atoms with Crippen molar-refractivity contribution in [1.29, 1.82) is 0 Å². The van der Waals surface area contributed by atoms with Gasteiger partial charge in [-0.3, -0.25) is 4.79 Å². The smallest absolute Gasteiger partial charge is 0.780 e. The molecule has 5 nitrogen and oxygen atoms in total. The normalized spacial score (nSPS) is 8.70. The molecule has 48 valence electrons. The van der Waals surface area contributed by atoms with E-state index in [1.807, 2.05) is 0 Å². The van der Waals surface area contributed by atoms with Crippen LogP contribution in [0.3, 0.4) is 0 Å². The van der Waals surface area contributed by atoms with E-state index in [4.69, 9.17) is 0 Å². The fraction of sp³-hybridized carbons (Fsp3) is 0.500. The van der Waals surface area contributed by atoms with E-state index >= 15 is 0 Å². The van der Waals surface area contributed by atoms with Gasteiger partial charge in [-0.05, 0) is 0 Å². The van der Waals surface area contributed by atoms with Crippen molar-refractivity contribution in [3.05, 3.63) is 0 Å². The molecule has 0 amide bonds. The van der Waals surface area contributed by atoms with Gasteiger partial charge in [0.05, 0.1) is 0 Å². The van der Waals surface area contributed by atoms with Crippen molar-refractivity contribution in [3.63, 3.8) is 0 Å². The number of carbonyl (C=O) groups excluding carboxylic acids is 1. The van der Waals surface area contributed by atoms with E-state index in [9.17, 15) is 19.1 Å². The fourth-order valence-electron chi connectivity index (χ4n) is 0.157. The van der Waals surface area contributed by atoms with Crippen LogP contribution >= 0.6 is 7.82 Å². The first-order valence-corrected chi connectivity index (χ1v) is 3.10. The molecule has 0 N–H and O–H groups in total. The third kappa shape index (κ3) is 17.1. The molecule has 0 unspecified atom stereocenters. The third-order valence-electron chi connectivity index (χ3n) is 0.240. The molecule has 0 rings (SSSR count). The summed E-state index contributed by atoms with van der Waals surface area (Å²) >= 11 is 0. The summed E-state index contributed by atoms with van der Waals surface area (Å²) in [7, 11) is -5.07. The minimum absolute atomic E-state index is 0. The molecule has 8 heteroatoms. The molecule has 0 heterocycles. The van der Waals surface area contributed by atoms with Gasteiger partial charge in [0.1, 0.15) is 7.82 Å². The van der Waals surface area contributed by atoms with E-state index in [1.54, 1.807) is 0 Å². The van der Waals surface area contributed by atoms with Crippen LogP contribution in [0.4, 0.5) is 0 Å². The summed E-state index contributed by atoms with van der Waals surface area (Å²) in [5.74, 6) is -1.11. The van der Waals surface area contributed by atoms with Crippen LogP contribution in [-0.2, 0) is 13.9 Å². The molecule has 0 aromatic rings. The summed E-state index contributed by atoms with van der Waals surface area (Å²) in [5.41, 5.74) is 0. The van der Waals surface area contributed by atoms with Gasteiger partial charge in [-0.15, -0.1) is 0 Å². The van der Waals surface area contributed by atoms with E-state index in [2.05, 4.69) is 4.52 Å². The van der Waals surface area contributed by atoms with Crippen molar-refractivity contribution in [1.82, 2.24) is 0 Å². The van der Waals surface area contributed by atoms with E-state index < -0.39 is 13.8 Å². The number of hydrogen-bond donors (Lipinski definition) is 0. The van der Waals surface area contributed by atoms with Crippen LogP contribution in [0.2, 0.25) is 0 Å². The Hall–Kier alpha value is 2.89. The zero-order valence-corrected chi connectivity index (χ0v) is 13.1. The summed E-state index contributed by atoms with van der Waals surface area (Å²) in [6.45, 7) is 0.836. The molecule has 0 atom stereocenters. The number of carbonyl (C=O) groups is 1. The monoisotopic (exact) mass is 216 g/mol. The van der Waals surface area contributed by atoms with Gasteiger partial charge in [0.2, 0.25) is 0 Å². The van der Waals surface area contributed by atoms with Gasteiger partial charge in [0.15, 0.2) is 0 Å². The Kier molecular flexibility index (Phi) is 15.8. The van der Waals surface area contributed by atoms with E-state index in [-0.39, 0.29) is 103 Å². The second-order valence-electron chi connectivity index (χ2n) is 1.03. The van der Waals surface area contributed by atoms with Crippen molar-refractivity contribution in [2.45, 2.75) is 6.92 Å². The summed E-state index contributed by atoms with van der Waals surface area (Å²) in [4.78, 5) is 28.6. The predicted octanol–water partition coefficient (Wildman–Crippen LogP) is -7.61. The van der Waals surface area contributed by atoms with Gasteiger partial charge in [-0.1, -0.05) is 0 Å². The van der Waals surface area contributed by atoms with Gasteiger partial charge in [0.25, 0.3) is 0 Å². The first-order chi connectivity index (χ1) is 3.42. The van der Waals surface area contributed by atoms with Gasteiger partial charge >= 0.3 is 109 Å². The Morgan fingerprint density at radius 3 is 1.70 bits per heavy atom. The summed E-state index contributed by atoms with van der Waals surface area (Å²) in [5, 5.41) is 0. The maximum atomic E-state index is 9.66. The molecule has 0 saturated carbocycles. The first kappa shape index (κ1) is 18.6. The van der Waals surface area contributed by atoms with Crippen molar-refractivity contribution in [2.24, 2.45) is 0 Å². The van der Waals surface area contributed by atoms with E-state index in [1.165, 1.54) is 0 Å². The van der Waals surface area contributed by atoms with Crippen LogP contribution in [-0.4, -0.2) is 5.97 Å². The van der Waals surface area contributed by atoms with Crippen molar-refractivity contribution in [3.8, 4) is 0 Å². The average molecular weight is 216 g/mol. The van der Waals surface area contributed by atoms with Crippen LogP contribution in [0, 0.1) is 0 Å². The van der Waals surface area contributed by atoms with Crippen LogP contribution in [0.15, 0.2) is 0 Å². The van der Waals surface area contributed by atoms with Gasteiger partial charge in [-0.2, -0.15) is 0 Å². The number of phosphoric acid groups is 1. The fourth-order valence-corrected chi connectivity index (χ4v) is 0.472. The van der Waals surface area contributed by atoms with Crippen molar-refractivity contribution in [2.75, 3.05) is 0 Å². The minimum atomic E-state index is -5.07. The maximum Gasteiger partial charge on any atom is 1.00 e. The molecule has 0 aliphatic rings. The Balaban J connectivity index is -0.000000245. The second kappa shape index (κ2) is 8.49. The number of rotatable bonds is 1. The largest absolute Gasteiger partial charge is 1.00 e. The van der Waals surface area contributed by atoms with Crippen LogP contribution in [0.5, 0.6) is 0 Å². The molecule has 0 saturated heterocycles. The van der Waals surface area contributed by atoms with E-state index in [0.29, 0.717) is 0 Å². The average Bonchev–Trinajstić information content (AvgIpc) is 1.21. The van der Waals surface area contributed by atoms with Crippen molar-refractivity contribution < 1.29 is 126 Å². The molecule has 0 spiro atoms. The van der Waals surface area contributed by atoms with Gasteiger partial charge in [-0.25, -0.2) is 0 Å². The van der Waals surface area contributed by atoms with Crippen molar-refractivity contribution >= 4 is 13.8 Å². The van der Waals surface area contributed by atoms with E-state index in [0.717, 1.165) is 6.92 Å². The molecule has 0 aromatic heterocycles. The predicted molar refractivity (Wildman–Crippen MR) is 19.4 cm³/mol. The quantitative estimate of drug-likeness (QED) is 0.321. The minimum Gasteiger partial charge on any atom is -0.780 e. The standard InChI is InChI=1S/C2H5O5P.2K/c1-2(3)7-8(4,5)6;;/h1H3,(H2,4,5,6);;/q;2*+1/p-2. The molecule has 0 aliphatic heterocycles. The molecule has 0 aliphatic carbocycles. The molecular formula is C2H3K2O5P.